The number of hydrogen-bond donors (Lipinski definition) is 0. The molecule has 1 aromatic carbocycles. The Bertz CT molecular complexity index is 607. The molecule has 6 heteroatoms. The number of nitrogens with zero attached hydrogens (tertiary/aromatic N) is 1. The maximum atomic E-state index is 12.1. The van der Waals surface area contributed by atoms with E-state index in [1.54, 1.807) is 4.90 Å². The molecule has 1 unspecified atom stereocenters. The molecule has 1 aromatic rings. The number of anilines is 1. The SMILES string of the molecule is Cc1cc(C)cc(N(C(=O)CCl)C2CCS(=O)(=O)C2)c1. The van der Waals surface area contributed by atoms with Gasteiger partial charge >= 0.3 is 0 Å². The lowest BCUT2D eigenvalue weighted by Gasteiger charge is -2.28. The predicted molar refractivity (Wildman–Crippen MR) is 81.2 cm³/mol. The molecule has 1 heterocycles. The van der Waals surface area contributed by atoms with Crippen LogP contribution in [0.1, 0.15) is 17.5 Å². The minimum atomic E-state index is -3.05. The number of aryl methyl sites for hydroxylation is 2. The number of benzene rings is 1. The average Bonchev–Trinajstić information content (AvgIpc) is 2.68. The van der Waals surface area contributed by atoms with E-state index < -0.39 is 9.84 Å². The van der Waals surface area contributed by atoms with Crippen LogP contribution in [0.2, 0.25) is 0 Å². The molecule has 1 amide bonds. The van der Waals surface area contributed by atoms with Crippen LogP contribution in [0.15, 0.2) is 18.2 Å². The van der Waals surface area contributed by atoms with Crippen LogP contribution in [-0.4, -0.2) is 37.8 Å². The van der Waals surface area contributed by atoms with Gasteiger partial charge in [0.05, 0.1) is 17.5 Å². The predicted octanol–water partition coefficient (Wildman–Crippen LogP) is 2.06. The Labute approximate surface area is 124 Å². The smallest absolute Gasteiger partial charge is 0.242 e. The van der Waals surface area contributed by atoms with Crippen LogP contribution in [-0.2, 0) is 14.6 Å². The number of alkyl halides is 1. The lowest BCUT2D eigenvalue weighted by Crippen LogP contribution is -2.42. The Balaban J connectivity index is 2.40. The van der Waals surface area contributed by atoms with E-state index in [-0.39, 0.29) is 29.3 Å². The van der Waals surface area contributed by atoms with Gasteiger partial charge < -0.3 is 4.90 Å². The van der Waals surface area contributed by atoms with E-state index in [9.17, 15) is 13.2 Å². The third kappa shape index (κ3) is 3.33. The van der Waals surface area contributed by atoms with Crippen molar-refractivity contribution in [3.63, 3.8) is 0 Å². The lowest BCUT2D eigenvalue weighted by molar-refractivity contribution is -0.116. The maximum Gasteiger partial charge on any atom is 0.242 e. The average molecular weight is 316 g/mol. The Hall–Kier alpha value is -1.07. The number of halogens is 1. The first-order valence-electron chi connectivity index (χ1n) is 6.49. The summed E-state index contributed by atoms with van der Waals surface area (Å²) < 4.78 is 23.3. The van der Waals surface area contributed by atoms with Crippen LogP contribution in [0.4, 0.5) is 5.69 Å². The molecule has 1 atom stereocenters. The fraction of sp³-hybridized carbons (Fsp3) is 0.500. The molecule has 1 saturated heterocycles. The minimum Gasteiger partial charge on any atom is -0.307 e. The zero-order chi connectivity index (χ0) is 14.9. The molecule has 0 N–H and O–H groups in total. The van der Waals surface area contributed by atoms with Crippen molar-refractivity contribution < 1.29 is 13.2 Å². The topological polar surface area (TPSA) is 54.5 Å². The Morgan fingerprint density at radius 3 is 2.35 bits per heavy atom. The van der Waals surface area contributed by atoms with Gasteiger partial charge in [-0.15, -0.1) is 11.6 Å². The fourth-order valence-electron chi connectivity index (χ4n) is 2.69. The number of carbonyl (C=O) groups excluding carboxylic acids is 1. The lowest BCUT2D eigenvalue weighted by atomic mass is 10.1. The highest BCUT2D eigenvalue weighted by Crippen LogP contribution is 2.26. The molecule has 1 fully saturated rings. The first-order valence-corrected chi connectivity index (χ1v) is 8.85. The van der Waals surface area contributed by atoms with Crippen molar-refractivity contribution in [1.82, 2.24) is 0 Å². The molecule has 2 rings (SSSR count). The first-order chi connectivity index (χ1) is 9.32. The van der Waals surface area contributed by atoms with Crippen LogP contribution < -0.4 is 4.90 Å². The number of amides is 1. The normalized spacial score (nSPS) is 20.9. The maximum absolute atomic E-state index is 12.1. The first kappa shape index (κ1) is 15.3. The van der Waals surface area contributed by atoms with Gasteiger partial charge in [0.1, 0.15) is 5.88 Å². The molecule has 0 saturated carbocycles. The third-order valence-electron chi connectivity index (χ3n) is 3.44. The molecule has 0 aliphatic carbocycles. The summed E-state index contributed by atoms with van der Waals surface area (Å²) in [6, 6.07) is 5.48. The van der Waals surface area contributed by atoms with Crippen LogP contribution in [0.3, 0.4) is 0 Å². The largest absolute Gasteiger partial charge is 0.307 e. The molecular weight excluding hydrogens is 298 g/mol. The molecule has 0 aromatic heterocycles. The summed E-state index contributed by atoms with van der Waals surface area (Å²) >= 11 is 5.69. The van der Waals surface area contributed by atoms with Crippen molar-refractivity contribution >= 4 is 33.0 Å². The minimum absolute atomic E-state index is 0.0165. The van der Waals surface area contributed by atoms with Gasteiger partial charge in [0.25, 0.3) is 0 Å². The monoisotopic (exact) mass is 315 g/mol. The second-order valence-electron chi connectivity index (χ2n) is 5.30. The van der Waals surface area contributed by atoms with E-state index in [1.165, 1.54) is 0 Å². The molecule has 1 aliphatic rings. The van der Waals surface area contributed by atoms with Crippen LogP contribution >= 0.6 is 11.6 Å². The zero-order valence-electron chi connectivity index (χ0n) is 11.6. The fourth-order valence-corrected chi connectivity index (χ4v) is 4.52. The molecule has 0 spiro atoms. The molecular formula is C14H18ClNO3S. The van der Waals surface area contributed by atoms with Gasteiger partial charge in [-0.1, -0.05) is 6.07 Å². The number of sulfone groups is 1. The summed E-state index contributed by atoms with van der Waals surface area (Å²) in [7, 11) is -3.05. The second kappa shape index (κ2) is 5.74. The van der Waals surface area contributed by atoms with Gasteiger partial charge in [-0.25, -0.2) is 8.42 Å². The summed E-state index contributed by atoms with van der Waals surface area (Å²) in [5.41, 5.74) is 2.80. The highest BCUT2D eigenvalue weighted by Gasteiger charge is 2.35. The van der Waals surface area contributed by atoms with Gasteiger partial charge in [-0.2, -0.15) is 0 Å². The second-order valence-corrected chi connectivity index (χ2v) is 7.80. The van der Waals surface area contributed by atoms with Crippen molar-refractivity contribution in [2.24, 2.45) is 0 Å². The Morgan fingerprint density at radius 2 is 1.90 bits per heavy atom. The zero-order valence-corrected chi connectivity index (χ0v) is 13.2. The van der Waals surface area contributed by atoms with Gasteiger partial charge in [-0.3, -0.25) is 4.79 Å². The van der Waals surface area contributed by atoms with Crippen LogP contribution in [0, 0.1) is 13.8 Å². The standard InChI is InChI=1S/C14H18ClNO3S/c1-10-5-11(2)7-13(6-10)16(14(17)8-15)12-3-4-20(18,19)9-12/h5-7,12H,3-4,8-9H2,1-2H3. The van der Waals surface area contributed by atoms with E-state index in [2.05, 4.69) is 0 Å². The summed E-state index contributed by atoms with van der Waals surface area (Å²) in [5.74, 6) is -0.250. The highest BCUT2D eigenvalue weighted by atomic mass is 35.5. The molecule has 1 aliphatic heterocycles. The summed E-state index contributed by atoms with van der Waals surface area (Å²) in [5, 5.41) is 0. The summed E-state index contributed by atoms with van der Waals surface area (Å²) in [4.78, 5) is 13.7. The number of rotatable bonds is 3. The van der Waals surface area contributed by atoms with Crippen LogP contribution in [0.5, 0.6) is 0 Å². The van der Waals surface area contributed by atoms with Gasteiger partial charge in [0, 0.05) is 5.69 Å². The van der Waals surface area contributed by atoms with E-state index in [0.29, 0.717) is 6.42 Å². The highest BCUT2D eigenvalue weighted by molar-refractivity contribution is 7.91. The Morgan fingerprint density at radius 1 is 1.30 bits per heavy atom. The van der Waals surface area contributed by atoms with Crippen LogP contribution in [0.25, 0.3) is 0 Å². The van der Waals surface area contributed by atoms with Crippen molar-refractivity contribution in [2.45, 2.75) is 26.3 Å². The van der Waals surface area contributed by atoms with Gasteiger partial charge in [-0.05, 0) is 43.5 Å². The molecule has 110 valence electrons. The van der Waals surface area contributed by atoms with E-state index in [1.807, 2.05) is 32.0 Å². The van der Waals surface area contributed by atoms with E-state index >= 15 is 0 Å². The third-order valence-corrected chi connectivity index (χ3v) is 5.42. The molecule has 20 heavy (non-hydrogen) atoms. The summed E-state index contributed by atoms with van der Waals surface area (Å²) in [6.07, 6.45) is 0.470. The quantitative estimate of drug-likeness (QED) is 0.802. The van der Waals surface area contributed by atoms with Crippen molar-refractivity contribution in [3.05, 3.63) is 29.3 Å². The van der Waals surface area contributed by atoms with Crippen molar-refractivity contribution in [1.29, 1.82) is 0 Å². The van der Waals surface area contributed by atoms with Gasteiger partial charge in [0.15, 0.2) is 9.84 Å². The van der Waals surface area contributed by atoms with E-state index in [4.69, 9.17) is 11.6 Å². The number of carbonyl (C=O) groups is 1. The Kier molecular flexibility index (Phi) is 4.39. The van der Waals surface area contributed by atoms with E-state index in [0.717, 1.165) is 16.8 Å². The van der Waals surface area contributed by atoms with Crippen molar-refractivity contribution in [3.8, 4) is 0 Å². The van der Waals surface area contributed by atoms with Crippen molar-refractivity contribution in [2.75, 3.05) is 22.3 Å². The molecule has 0 radical (unpaired) electrons. The van der Waals surface area contributed by atoms with Gasteiger partial charge in [0.2, 0.25) is 5.91 Å². The molecule has 4 nitrogen and oxygen atoms in total. The summed E-state index contributed by atoms with van der Waals surface area (Å²) in [6.45, 7) is 3.90. The number of hydrogen-bond acceptors (Lipinski definition) is 3. The molecule has 0 bridgehead atoms.